The molecule has 1 aliphatic heterocycles. The van der Waals surface area contributed by atoms with E-state index < -0.39 is 29.6 Å². The van der Waals surface area contributed by atoms with Gasteiger partial charge in [-0.2, -0.15) is 18.2 Å². The van der Waals surface area contributed by atoms with E-state index in [0.29, 0.717) is 30.9 Å². The van der Waals surface area contributed by atoms with Crippen LogP contribution >= 0.6 is 0 Å². The van der Waals surface area contributed by atoms with Crippen molar-refractivity contribution in [3.8, 4) is 11.4 Å². The lowest BCUT2D eigenvalue weighted by atomic mass is 9.89. The van der Waals surface area contributed by atoms with Crippen LogP contribution in [-0.2, 0) is 15.8 Å². The van der Waals surface area contributed by atoms with Gasteiger partial charge < -0.3 is 9.42 Å². The minimum Gasteiger partial charge on any atom is -0.337 e. The summed E-state index contributed by atoms with van der Waals surface area (Å²) in [4.78, 5) is 32.0. The lowest BCUT2D eigenvalue weighted by Crippen LogP contribution is -2.39. The number of hydroxylamine groups is 1. The second kappa shape index (κ2) is 9.49. The number of aromatic nitrogens is 2. The number of carbonyl (C=O) groups is 2. The molecule has 1 spiro atoms. The number of nitrogens with zero attached hydrogens (tertiary/aromatic N) is 3. The highest BCUT2D eigenvalue weighted by molar-refractivity contribution is 5.86. The number of benzene rings is 1. The second-order valence-corrected chi connectivity index (χ2v) is 10.5. The van der Waals surface area contributed by atoms with Crippen molar-refractivity contribution in [2.45, 2.75) is 70.0 Å². The van der Waals surface area contributed by atoms with Crippen LogP contribution in [0.4, 0.5) is 13.2 Å². The zero-order valence-electron chi connectivity index (χ0n) is 19.8. The molecule has 1 saturated heterocycles. The zero-order chi connectivity index (χ0) is 25.5. The number of hydrogen-bond donors (Lipinski definition) is 2. The van der Waals surface area contributed by atoms with Crippen molar-refractivity contribution >= 4 is 11.8 Å². The molecule has 1 aromatic carbocycles. The fourth-order valence-electron chi connectivity index (χ4n) is 5.77. The molecule has 2 heterocycles. The Kier molecular flexibility index (Phi) is 6.52. The maximum Gasteiger partial charge on any atom is 0.416 e. The van der Waals surface area contributed by atoms with Gasteiger partial charge in [0.15, 0.2) is 0 Å². The minimum absolute atomic E-state index is 0.000459. The van der Waals surface area contributed by atoms with Crippen LogP contribution in [0.1, 0.15) is 75.3 Å². The quantitative estimate of drug-likeness (QED) is 0.409. The van der Waals surface area contributed by atoms with Crippen LogP contribution in [0.15, 0.2) is 28.8 Å². The monoisotopic (exact) mass is 506 g/mol. The third-order valence-corrected chi connectivity index (χ3v) is 7.94. The molecule has 36 heavy (non-hydrogen) atoms. The van der Waals surface area contributed by atoms with Gasteiger partial charge in [-0.25, -0.2) is 5.48 Å². The van der Waals surface area contributed by atoms with Crippen molar-refractivity contribution in [2.75, 3.05) is 6.54 Å². The van der Waals surface area contributed by atoms with Crippen molar-refractivity contribution in [1.82, 2.24) is 20.5 Å². The first-order valence-corrected chi connectivity index (χ1v) is 12.4. The Morgan fingerprint density at radius 2 is 1.89 bits per heavy atom. The molecular formula is C25H29F3N4O4. The summed E-state index contributed by atoms with van der Waals surface area (Å²) in [6, 6.07) is 4.07. The van der Waals surface area contributed by atoms with E-state index in [2.05, 4.69) is 10.1 Å². The number of rotatable bonds is 7. The molecule has 0 radical (unpaired) electrons. The second-order valence-electron chi connectivity index (χ2n) is 10.5. The highest BCUT2D eigenvalue weighted by atomic mass is 19.4. The third kappa shape index (κ3) is 5.11. The molecule has 8 nitrogen and oxygen atoms in total. The zero-order valence-corrected chi connectivity index (χ0v) is 19.8. The van der Waals surface area contributed by atoms with Gasteiger partial charge in [-0.3, -0.25) is 14.8 Å². The molecule has 2 atom stereocenters. The molecule has 0 bridgehead atoms. The lowest BCUT2D eigenvalue weighted by Gasteiger charge is -2.28. The molecule has 2 amide bonds. The molecule has 2 aromatic rings. The first-order chi connectivity index (χ1) is 17.2. The predicted octanol–water partition coefficient (Wildman–Crippen LogP) is 4.90. The molecule has 3 aliphatic rings. The molecule has 0 unspecified atom stereocenters. The molecule has 1 aromatic heterocycles. The molecular weight excluding hydrogens is 477 g/mol. The average Bonchev–Trinajstić information content (AvgIpc) is 3.24. The van der Waals surface area contributed by atoms with E-state index >= 15 is 0 Å². The summed E-state index contributed by atoms with van der Waals surface area (Å²) in [5.74, 6) is -0.539. The van der Waals surface area contributed by atoms with Gasteiger partial charge in [0, 0.05) is 24.4 Å². The van der Waals surface area contributed by atoms with Crippen LogP contribution in [-0.4, -0.2) is 38.6 Å². The highest BCUT2D eigenvalue weighted by Crippen LogP contribution is 2.58. The molecule has 2 saturated carbocycles. The Bertz CT molecular complexity index is 1110. The molecule has 3 fully saturated rings. The van der Waals surface area contributed by atoms with Crippen molar-refractivity contribution < 1.29 is 32.5 Å². The van der Waals surface area contributed by atoms with Crippen molar-refractivity contribution in [1.29, 1.82) is 0 Å². The largest absolute Gasteiger partial charge is 0.416 e. The van der Waals surface area contributed by atoms with Crippen LogP contribution in [0.2, 0.25) is 0 Å². The van der Waals surface area contributed by atoms with Crippen LogP contribution < -0.4 is 5.48 Å². The Morgan fingerprint density at radius 3 is 2.50 bits per heavy atom. The maximum atomic E-state index is 13.8. The Labute approximate surface area is 206 Å². The van der Waals surface area contributed by atoms with Gasteiger partial charge in [0.2, 0.25) is 23.5 Å². The summed E-state index contributed by atoms with van der Waals surface area (Å²) in [6.45, 7) is 0.538. The van der Waals surface area contributed by atoms with Gasteiger partial charge in [-0.1, -0.05) is 43.0 Å². The summed E-state index contributed by atoms with van der Waals surface area (Å²) >= 11 is 0. The van der Waals surface area contributed by atoms with Crippen molar-refractivity contribution in [3.05, 3.63) is 35.7 Å². The summed E-state index contributed by atoms with van der Waals surface area (Å²) in [5.41, 5.74) is 1.27. The van der Waals surface area contributed by atoms with Gasteiger partial charge in [-0.05, 0) is 49.1 Å². The average molecular weight is 507 g/mol. The van der Waals surface area contributed by atoms with E-state index in [4.69, 9.17) is 9.73 Å². The van der Waals surface area contributed by atoms with E-state index in [-0.39, 0.29) is 29.5 Å². The number of likely N-dealkylation sites (tertiary alicyclic amines) is 1. The summed E-state index contributed by atoms with van der Waals surface area (Å²) < 4.78 is 44.2. The predicted molar refractivity (Wildman–Crippen MR) is 120 cm³/mol. The van der Waals surface area contributed by atoms with Crippen LogP contribution in [0.3, 0.4) is 0 Å². The maximum absolute atomic E-state index is 13.8. The summed E-state index contributed by atoms with van der Waals surface area (Å²) in [7, 11) is 0. The van der Waals surface area contributed by atoms with Gasteiger partial charge in [0.25, 0.3) is 0 Å². The minimum atomic E-state index is -4.44. The number of amides is 2. The highest BCUT2D eigenvalue weighted by Gasteiger charge is 2.55. The SMILES string of the molecule is O=C(C[C@@H](CC1CCCC1)C(=O)N1CC2(CC2)C[C@H]1c1nc(-c2ccc(C(F)(F)F)cc2)no1)NO. The number of alkyl halides is 3. The van der Waals surface area contributed by atoms with Crippen LogP contribution in [0, 0.1) is 17.3 Å². The Morgan fingerprint density at radius 1 is 1.19 bits per heavy atom. The lowest BCUT2D eigenvalue weighted by molar-refractivity contribution is -0.142. The first kappa shape index (κ1) is 24.7. The molecule has 2 N–H and O–H groups in total. The molecule has 194 valence electrons. The van der Waals surface area contributed by atoms with E-state index in [1.165, 1.54) is 12.1 Å². The Balaban J connectivity index is 1.37. The number of carbonyl (C=O) groups excluding carboxylic acids is 2. The fourth-order valence-corrected chi connectivity index (χ4v) is 5.77. The number of hydrogen-bond acceptors (Lipinski definition) is 6. The molecule has 5 rings (SSSR count). The van der Waals surface area contributed by atoms with Crippen molar-refractivity contribution in [2.24, 2.45) is 17.3 Å². The van der Waals surface area contributed by atoms with E-state index in [9.17, 15) is 22.8 Å². The number of halogens is 3. The molecule has 2 aliphatic carbocycles. The van der Waals surface area contributed by atoms with Gasteiger partial charge in [0.05, 0.1) is 5.56 Å². The van der Waals surface area contributed by atoms with E-state index in [1.807, 2.05) is 0 Å². The topological polar surface area (TPSA) is 109 Å². The fraction of sp³-hybridized carbons (Fsp3) is 0.600. The van der Waals surface area contributed by atoms with E-state index in [0.717, 1.165) is 50.7 Å². The summed E-state index contributed by atoms with van der Waals surface area (Å²) in [6.07, 6.45) is 2.96. The molecule has 11 heteroatoms. The first-order valence-electron chi connectivity index (χ1n) is 12.4. The third-order valence-electron chi connectivity index (χ3n) is 7.94. The smallest absolute Gasteiger partial charge is 0.337 e. The van der Waals surface area contributed by atoms with Crippen molar-refractivity contribution in [3.63, 3.8) is 0 Å². The number of nitrogens with one attached hydrogen (secondary N) is 1. The van der Waals surface area contributed by atoms with Gasteiger partial charge in [0.1, 0.15) is 6.04 Å². The summed E-state index contributed by atoms with van der Waals surface area (Å²) in [5, 5.41) is 13.0. The van der Waals surface area contributed by atoms with Gasteiger partial charge in [-0.15, -0.1) is 0 Å². The van der Waals surface area contributed by atoms with Crippen LogP contribution in [0.5, 0.6) is 0 Å². The standard InChI is InChI=1S/C25H29F3N4O4/c26-25(27,28)18-7-5-16(6-8-18)21-29-22(36-31-21)19-13-24(9-10-24)14-32(19)23(34)17(12-20(33)30-35)11-15-3-1-2-4-15/h5-8,15,17,19,35H,1-4,9-14H2,(H,30,33)/t17-,19+/m1/s1. The normalized spacial score (nSPS) is 22.2. The van der Waals surface area contributed by atoms with Gasteiger partial charge >= 0.3 is 6.18 Å². The van der Waals surface area contributed by atoms with Crippen LogP contribution in [0.25, 0.3) is 11.4 Å². The Hall–Kier alpha value is -2.95. The van der Waals surface area contributed by atoms with E-state index in [1.54, 1.807) is 10.4 Å².